The van der Waals surface area contributed by atoms with E-state index in [9.17, 15) is 38.8 Å². The van der Waals surface area contributed by atoms with Crippen LogP contribution >= 0.6 is 0 Å². The van der Waals surface area contributed by atoms with Gasteiger partial charge in [0.1, 0.15) is 19.3 Å². The SMILES string of the molecule is CCCCC[N+](C(F)F)(S(=O)(=O)OCC1CO1)S(=O)(=O)OC(F)(F)F. The summed E-state index contributed by atoms with van der Waals surface area (Å²) in [5, 5.41) is 0. The maximum absolute atomic E-state index is 13.5. The lowest BCUT2D eigenvalue weighted by molar-refractivity contribution is -0.761. The topological polar surface area (TPSA) is 99.3 Å². The molecule has 0 N–H and O–H groups in total. The van der Waals surface area contributed by atoms with Crippen LogP contribution in [0, 0.1) is 0 Å². The van der Waals surface area contributed by atoms with Crippen molar-refractivity contribution < 1.29 is 55.2 Å². The van der Waals surface area contributed by atoms with Gasteiger partial charge in [-0.1, -0.05) is 13.3 Å². The van der Waals surface area contributed by atoms with Crippen LogP contribution < -0.4 is 0 Å². The van der Waals surface area contributed by atoms with Gasteiger partial charge in [-0.3, -0.25) is 0 Å². The van der Waals surface area contributed by atoms with Crippen LogP contribution in [0.4, 0.5) is 22.0 Å². The Bertz CT molecular complexity index is 647. The lowest BCUT2D eigenvalue weighted by Crippen LogP contribution is -2.62. The fourth-order valence-corrected chi connectivity index (χ4v) is 4.89. The van der Waals surface area contributed by atoms with Gasteiger partial charge in [-0.2, -0.15) is 0 Å². The number of alkyl halides is 5. The third-order valence-corrected chi connectivity index (χ3v) is 7.26. The van der Waals surface area contributed by atoms with Crippen LogP contribution in [0.5, 0.6) is 0 Å². The fourth-order valence-electron chi connectivity index (χ4n) is 1.81. The second-order valence-corrected chi connectivity index (χ2v) is 8.71. The lowest BCUT2D eigenvalue weighted by Gasteiger charge is -2.31. The van der Waals surface area contributed by atoms with Crippen molar-refractivity contribution in [1.82, 2.24) is 0 Å². The quantitative estimate of drug-likeness (QED) is 0.164. The van der Waals surface area contributed by atoms with Crippen molar-refractivity contribution >= 4 is 20.6 Å². The van der Waals surface area contributed by atoms with Gasteiger partial charge in [0.2, 0.25) is 0 Å². The molecule has 1 heterocycles. The van der Waals surface area contributed by atoms with Gasteiger partial charge in [-0.05, 0) is 16.1 Å². The minimum absolute atomic E-state index is 0.0475. The van der Waals surface area contributed by atoms with Crippen molar-refractivity contribution in [3.05, 3.63) is 0 Å². The van der Waals surface area contributed by atoms with E-state index in [1.807, 2.05) is 0 Å². The molecule has 1 aliphatic rings. The van der Waals surface area contributed by atoms with Crippen LogP contribution in [-0.4, -0.2) is 58.9 Å². The van der Waals surface area contributed by atoms with Gasteiger partial charge in [0, 0.05) is 0 Å². The maximum Gasteiger partial charge on any atom is 0.541 e. The van der Waals surface area contributed by atoms with Gasteiger partial charge in [0.15, 0.2) is 0 Å². The number of epoxide rings is 1. The number of nitrogens with zero attached hydrogens (tertiary/aromatic N) is 1. The highest BCUT2D eigenvalue weighted by molar-refractivity contribution is 7.93. The molecule has 1 rings (SSSR count). The van der Waals surface area contributed by atoms with Gasteiger partial charge >= 0.3 is 33.5 Å². The molecule has 1 saturated heterocycles. The highest BCUT2D eigenvalue weighted by Crippen LogP contribution is 2.36. The molecular weight excluding hydrogens is 405 g/mol. The summed E-state index contributed by atoms with van der Waals surface area (Å²) in [7, 11) is -12.2. The van der Waals surface area contributed by atoms with Gasteiger partial charge < -0.3 is 4.74 Å². The summed E-state index contributed by atoms with van der Waals surface area (Å²) in [5.41, 5.74) is 0. The molecule has 0 aromatic heterocycles. The summed E-state index contributed by atoms with van der Waals surface area (Å²) in [5.74, 6) is 0. The molecule has 0 radical (unpaired) electrons. The Balaban J connectivity index is 3.34. The van der Waals surface area contributed by atoms with Crippen LogP contribution in [0.1, 0.15) is 26.2 Å². The Morgan fingerprint density at radius 1 is 1.16 bits per heavy atom. The predicted octanol–water partition coefficient (Wildman–Crippen LogP) is 1.66. The zero-order valence-corrected chi connectivity index (χ0v) is 14.5. The number of hydrogen-bond donors (Lipinski definition) is 0. The van der Waals surface area contributed by atoms with Gasteiger partial charge in [0.25, 0.3) is 0 Å². The number of halogens is 5. The highest BCUT2D eigenvalue weighted by atomic mass is 32.3. The van der Waals surface area contributed by atoms with Crippen molar-refractivity contribution in [2.24, 2.45) is 0 Å². The average Bonchev–Trinajstić information content (AvgIpc) is 3.21. The maximum atomic E-state index is 13.5. The molecule has 0 spiro atoms. The molecule has 2 atom stereocenters. The fraction of sp³-hybridized carbons (Fsp3) is 1.00. The molecule has 0 bridgehead atoms. The summed E-state index contributed by atoms with van der Waals surface area (Å²) in [4.78, 5) is 0. The zero-order chi connectivity index (χ0) is 19.5. The Morgan fingerprint density at radius 2 is 1.72 bits per heavy atom. The largest absolute Gasteiger partial charge is 0.541 e. The Hall–Kier alpha value is -0.610. The Morgan fingerprint density at radius 3 is 2.12 bits per heavy atom. The van der Waals surface area contributed by atoms with Crippen LogP contribution in [0.2, 0.25) is 0 Å². The lowest BCUT2D eigenvalue weighted by atomic mass is 10.2. The predicted molar refractivity (Wildman–Crippen MR) is 71.3 cm³/mol. The average molecular weight is 422 g/mol. The summed E-state index contributed by atoms with van der Waals surface area (Å²) >= 11 is 0. The van der Waals surface area contributed by atoms with Crippen molar-refractivity contribution in [2.45, 2.75) is 45.2 Å². The second-order valence-electron chi connectivity index (χ2n) is 5.06. The minimum Gasteiger partial charge on any atom is -0.371 e. The third kappa shape index (κ3) is 5.43. The van der Waals surface area contributed by atoms with E-state index in [1.165, 1.54) is 0 Å². The second kappa shape index (κ2) is 7.96. The Labute approximate surface area is 141 Å². The van der Waals surface area contributed by atoms with Crippen LogP contribution in [0.25, 0.3) is 0 Å². The summed E-state index contributed by atoms with van der Waals surface area (Å²) in [6, 6.07) is 0. The molecule has 2 unspecified atom stereocenters. The molecule has 150 valence electrons. The molecule has 8 nitrogen and oxygen atoms in total. The molecule has 0 aliphatic carbocycles. The molecule has 0 aromatic rings. The molecule has 1 fully saturated rings. The van der Waals surface area contributed by atoms with Crippen molar-refractivity contribution in [3.63, 3.8) is 0 Å². The van der Waals surface area contributed by atoms with Crippen molar-refractivity contribution in [2.75, 3.05) is 19.8 Å². The smallest absolute Gasteiger partial charge is 0.371 e. The highest BCUT2D eigenvalue weighted by Gasteiger charge is 2.65. The summed E-state index contributed by atoms with van der Waals surface area (Å²) in [6.07, 6.45) is -6.63. The van der Waals surface area contributed by atoms with Gasteiger partial charge in [0.05, 0.1) is 6.61 Å². The van der Waals surface area contributed by atoms with Crippen molar-refractivity contribution in [1.29, 1.82) is 0 Å². The first kappa shape index (κ1) is 22.4. The zero-order valence-electron chi connectivity index (χ0n) is 12.9. The monoisotopic (exact) mass is 422 g/mol. The first-order chi connectivity index (χ1) is 11.3. The third-order valence-electron chi connectivity index (χ3n) is 3.13. The molecule has 0 saturated carbocycles. The number of quaternary nitrogens is 1. The first-order valence-corrected chi connectivity index (χ1v) is 9.71. The number of rotatable bonds is 11. The summed E-state index contributed by atoms with van der Waals surface area (Å²) in [6.45, 7) is -4.84. The molecular formula is C10H17F5NO7S2+. The van der Waals surface area contributed by atoms with E-state index in [0.29, 0.717) is 6.42 Å². The first-order valence-electron chi connectivity index (χ1n) is 6.98. The van der Waals surface area contributed by atoms with E-state index in [-0.39, 0.29) is 13.0 Å². The summed E-state index contributed by atoms with van der Waals surface area (Å²) < 4.78 is 120. The van der Waals surface area contributed by atoms with E-state index in [0.717, 1.165) is 0 Å². The molecule has 0 aromatic carbocycles. The number of ether oxygens (including phenoxy) is 1. The normalized spacial score (nSPS) is 21.3. The van der Waals surface area contributed by atoms with E-state index in [4.69, 9.17) is 0 Å². The van der Waals surface area contributed by atoms with E-state index in [2.05, 4.69) is 13.1 Å². The van der Waals surface area contributed by atoms with Gasteiger partial charge in [-0.15, -0.1) is 43.0 Å². The number of hydrogen-bond acceptors (Lipinski definition) is 7. The van der Waals surface area contributed by atoms with Crippen LogP contribution in [0.15, 0.2) is 0 Å². The van der Waals surface area contributed by atoms with Crippen molar-refractivity contribution in [3.8, 4) is 0 Å². The van der Waals surface area contributed by atoms with E-state index < -0.39 is 62.5 Å². The van der Waals surface area contributed by atoms with Crippen LogP contribution in [0.3, 0.4) is 0 Å². The molecule has 25 heavy (non-hydrogen) atoms. The van der Waals surface area contributed by atoms with Gasteiger partial charge in [-0.25, -0.2) is 4.18 Å². The minimum atomic E-state index is -6.40. The molecule has 0 amide bonds. The molecule has 15 heteroatoms. The Kier molecular flexibility index (Phi) is 7.14. The standard InChI is InChI=1S/C10H17F5NO7S2/c1-2-3-4-5-16(9(11)12,25(19,20)23-10(13,14)15)24(17,18)22-7-8-6-21-8/h8-9H,2-7H2,1H3/q+1. The van der Waals surface area contributed by atoms with E-state index >= 15 is 0 Å². The van der Waals surface area contributed by atoms with Crippen LogP contribution in [-0.2, 0) is 33.7 Å². The van der Waals surface area contributed by atoms with E-state index in [1.54, 1.807) is 6.92 Å². The number of unbranched alkanes of at least 4 members (excludes halogenated alkanes) is 2. The molecule has 1 aliphatic heterocycles.